The predicted octanol–water partition coefficient (Wildman–Crippen LogP) is 2.60. The second-order valence-electron chi connectivity index (χ2n) is 5.12. The third kappa shape index (κ3) is 2.76. The van der Waals surface area contributed by atoms with Gasteiger partial charge in [-0.15, -0.1) is 0 Å². The fraction of sp³-hybridized carbons (Fsp3) is 0.188. The minimum absolute atomic E-state index is 0.0994. The molecule has 3 rings (SSSR count). The highest BCUT2D eigenvalue weighted by molar-refractivity contribution is 5.96. The molecule has 1 amide bonds. The molecule has 1 heterocycles. The summed E-state index contributed by atoms with van der Waals surface area (Å²) in [6.07, 6.45) is 0.912. The maximum Gasteiger partial charge on any atom is 0.292 e. The normalized spacial score (nSPS) is 12.8. The lowest BCUT2D eigenvalue weighted by Gasteiger charge is -2.18. The Labute approximate surface area is 127 Å². The molecule has 0 bridgehead atoms. The van der Waals surface area contributed by atoms with E-state index in [2.05, 4.69) is 11.4 Å². The molecule has 1 N–H and O–H groups in total. The summed E-state index contributed by atoms with van der Waals surface area (Å²) in [6, 6.07) is 14.1. The van der Waals surface area contributed by atoms with E-state index in [1.807, 2.05) is 23.1 Å². The molecule has 0 fully saturated rings. The average Bonchev–Trinajstić information content (AvgIpc) is 2.91. The predicted molar refractivity (Wildman–Crippen MR) is 84.1 cm³/mol. The van der Waals surface area contributed by atoms with Gasteiger partial charge < -0.3 is 10.2 Å². The van der Waals surface area contributed by atoms with Crippen LogP contribution in [0.4, 0.5) is 17.1 Å². The van der Waals surface area contributed by atoms with E-state index in [0.29, 0.717) is 0 Å². The molecule has 0 unspecified atom stereocenters. The zero-order valence-corrected chi connectivity index (χ0v) is 11.9. The number of amides is 1. The van der Waals surface area contributed by atoms with Gasteiger partial charge >= 0.3 is 0 Å². The zero-order valence-electron chi connectivity index (χ0n) is 11.9. The Morgan fingerprint density at radius 2 is 1.91 bits per heavy atom. The first kappa shape index (κ1) is 14.1. The van der Waals surface area contributed by atoms with Crippen molar-refractivity contribution in [2.45, 2.75) is 6.42 Å². The van der Waals surface area contributed by atoms with Crippen LogP contribution in [-0.4, -0.2) is 23.9 Å². The fourth-order valence-electron chi connectivity index (χ4n) is 2.67. The first-order chi connectivity index (χ1) is 10.6. The Morgan fingerprint density at radius 3 is 2.73 bits per heavy atom. The number of nitrogens with zero attached hydrogens (tertiary/aromatic N) is 2. The quantitative estimate of drug-likeness (QED) is 0.695. The average molecular weight is 297 g/mol. The van der Waals surface area contributed by atoms with E-state index >= 15 is 0 Å². The van der Waals surface area contributed by atoms with Gasteiger partial charge in [-0.1, -0.05) is 30.3 Å². The molecule has 2 aromatic rings. The van der Waals surface area contributed by atoms with Gasteiger partial charge in [0.2, 0.25) is 5.91 Å². The molecule has 0 atom stereocenters. The summed E-state index contributed by atoms with van der Waals surface area (Å²) in [5.74, 6) is -0.258. The number of hydrogen-bond acceptors (Lipinski definition) is 4. The van der Waals surface area contributed by atoms with E-state index in [9.17, 15) is 14.9 Å². The highest BCUT2D eigenvalue weighted by Gasteiger charge is 2.21. The van der Waals surface area contributed by atoms with Crippen LogP contribution < -0.4 is 10.2 Å². The number of fused-ring (bicyclic) bond motifs is 1. The highest BCUT2D eigenvalue weighted by Crippen LogP contribution is 2.27. The van der Waals surface area contributed by atoms with E-state index in [-0.39, 0.29) is 23.8 Å². The Morgan fingerprint density at radius 1 is 1.18 bits per heavy atom. The molecule has 0 aliphatic carbocycles. The van der Waals surface area contributed by atoms with Crippen LogP contribution in [-0.2, 0) is 11.2 Å². The summed E-state index contributed by atoms with van der Waals surface area (Å²) in [6.45, 7) is 0.965. The zero-order chi connectivity index (χ0) is 15.5. The molecule has 2 aromatic carbocycles. The number of para-hydroxylation sites is 3. The lowest BCUT2D eigenvalue weighted by atomic mass is 10.2. The summed E-state index contributed by atoms with van der Waals surface area (Å²) >= 11 is 0. The van der Waals surface area contributed by atoms with Crippen molar-refractivity contribution in [3.63, 3.8) is 0 Å². The maximum atomic E-state index is 12.2. The minimum Gasteiger partial charge on any atom is -0.362 e. The van der Waals surface area contributed by atoms with Crippen molar-refractivity contribution in [2.24, 2.45) is 0 Å². The van der Waals surface area contributed by atoms with Crippen LogP contribution in [0.3, 0.4) is 0 Å². The van der Waals surface area contributed by atoms with Crippen molar-refractivity contribution in [2.75, 3.05) is 23.3 Å². The second kappa shape index (κ2) is 5.85. The van der Waals surface area contributed by atoms with Crippen LogP contribution in [0.5, 0.6) is 0 Å². The summed E-state index contributed by atoms with van der Waals surface area (Å²) in [4.78, 5) is 24.6. The molecule has 0 saturated carbocycles. The standard InChI is InChI=1S/C16H15N3O3/c20-16(17-13-6-2-4-8-15(13)19(21)22)11-18-10-9-12-5-1-3-7-14(12)18/h1-8H,9-11H2,(H,17,20). The Bertz CT molecular complexity index is 730. The lowest BCUT2D eigenvalue weighted by Crippen LogP contribution is -2.32. The number of carbonyl (C=O) groups is 1. The van der Waals surface area contributed by atoms with Crippen LogP contribution in [0.2, 0.25) is 0 Å². The highest BCUT2D eigenvalue weighted by atomic mass is 16.6. The molecule has 112 valence electrons. The molecule has 1 aliphatic rings. The first-order valence-corrected chi connectivity index (χ1v) is 7.01. The van der Waals surface area contributed by atoms with Crippen molar-refractivity contribution < 1.29 is 9.72 Å². The van der Waals surface area contributed by atoms with Crippen molar-refractivity contribution in [3.8, 4) is 0 Å². The summed E-state index contributed by atoms with van der Waals surface area (Å²) < 4.78 is 0. The van der Waals surface area contributed by atoms with Crippen LogP contribution >= 0.6 is 0 Å². The van der Waals surface area contributed by atoms with Gasteiger partial charge in [-0.25, -0.2) is 0 Å². The smallest absolute Gasteiger partial charge is 0.292 e. The van der Waals surface area contributed by atoms with Gasteiger partial charge in [-0.05, 0) is 24.1 Å². The van der Waals surface area contributed by atoms with Crippen LogP contribution in [0.25, 0.3) is 0 Å². The van der Waals surface area contributed by atoms with Gasteiger partial charge in [0.25, 0.3) is 5.69 Å². The van der Waals surface area contributed by atoms with E-state index in [4.69, 9.17) is 0 Å². The number of carbonyl (C=O) groups excluding carboxylic acids is 1. The largest absolute Gasteiger partial charge is 0.362 e. The van der Waals surface area contributed by atoms with E-state index in [1.54, 1.807) is 12.1 Å². The summed E-state index contributed by atoms with van der Waals surface area (Å²) in [7, 11) is 0. The number of nitro groups is 1. The molecular weight excluding hydrogens is 282 g/mol. The van der Waals surface area contributed by atoms with E-state index in [0.717, 1.165) is 18.7 Å². The fourth-order valence-corrected chi connectivity index (χ4v) is 2.67. The Balaban J connectivity index is 1.71. The van der Waals surface area contributed by atoms with Gasteiger partial charge in [0.05, 0.1) is 11.5 Å². The van der Waals surface area contributed by atoms with Gasteiger partial charge in [0, 0.05) is 18.3 Å². The Kier molecular flexibility index (Phi) is 3.74. The molecule has 22 heavy (non-hydrogen) atoms. The summed E-state index contributed by atoms with van der Waals surface area (Å²) in [5, 5.41) is 13.6. The number of nitrogens with one attached hydrogen (secondary N) is 1. The minimum atomic E-state index is -0.499. The number of benzene rings is 2. The third-order valence-electron chi connectivity index (χ3n) is 3.69. The van der Waals surface area contributed by atoms with Crippen molar-refractivity contribution in [1.82, 2.24) is 0 Å². The van der Waals surface area contributed by atoms with Gasteiger partial charge in [0.15, 0.2) is 0 Å². The molecule has 0 radical (unpaired) electrons. The molecule has 6 heteroatoms. The molecule has 6 nitrogen and oxygen atoms in total. The molecule has 0 spiro atoms. The summed E-state index contributed by atoms with van der Waals surface area (Å²) in [5.41, 5.74) is 2.41. The first-order valence-electron chi connectivity index (χ1n) is 7.01. The van der Waals surface area contributed by atoms with Crippen molar-refractivity contribution in [1.29, 1.82) is 0 Å². The number of hydrogen-bond donors (Lipinski definition) is 1. The Hall–Kier alpha value is -2.89. The lowest BCUT2D eigenvalue weighted by molar-refractivity contribution is -0.383. The topological polar surface area (TPSA) is 75.5 Å². The molecule has 1 aliphatic heterocycles. The van der Waals surface area contributed by atoms with Crippen molar-refractivity contribution >= 4 is 23.0 Å². The maximum absolute atomic E-state index is 12.2. The van der Waals surface area contributed by atoms with Gasteiger partial charge in [0.1, 0.15) is 5.69 Å². The number of anilines is 2. The molecule has 0 saturated heterocycles. The monoisotopic (exact) mass is 297 g/mol. The SMILES string of the molecule is O=C(CN1CCc2ccccc21)Nc1ccccc1[N+](=O)[O-]. The second-order valence-corrected chi connectivity index (χ2v) is 5.12. The number of nitro benzene ring substituents is 1. The van der Waals surface area contributed by atoms with Gasteiger partial charge in [-0.2, -0.15) is 0 Å². The van der Waals surface area contributed by atoms with E-state index in [1.165, 1.54) is 17.7 Å². The van der Waals surface area contributed by atoms with Crippen molar-refractivity contribution in [3.05, 3.63) is 64.2 Å². The van der Waals surface area contributed by atoms with Gasteiger partial charge in [-0.3, -0.25) is 14.9 Å². The van der Waals surface area contributed by atoms with Crippen LogP contribution in [0.15, 0.2) is 48.5 Å². The van der Waals surface area contributed by atoms with E-state index < -0.39 is 4.92 Å². The molecule has 0 aromatic heterocycles. The third-order valence-corrected chi connectivity index (χ3v) is 3.69. The number of rotatable bonds is 4. The van der Waals surface area contributed by atoms with Crippen LogP contribution in [0, 0.1) is 10.1 Å². The molecular formula is C16H15N3O3. The van der Waals surface area contributed by atoms with Crippen LogP contribution in [0.1, 0.15) is 5.56 Å².